The summed E-state index contributed by atoms with van der Waals surface area (Å²) in [4.78, 5) is -0.0666. The standard InChI is InChI=1S/C15H16O2.C7H8O3S.C3H5ClO/c1-15(2,11-3-7-13(16)8-4-11)12-5-9-14(17)10-6-12;1-6-2-4-7(5-3-6)11(8,9)10;4-1-3-2-5-3/h3-10,16-17H,1-2H3;2-5H,1H3,(H,8,9,10);3H,1-2H2. The van der Waals surface area contributed by atoms with Gasteiger partial charge in [-0.05, 0) is 54.4 Å². The Balaban J connectivity index is 0.000000204. The van der Waals surface area contributed by atoms with Crippen molar-refractivity contribution in [1.82, 2.24) is 0 Å². The zero-order valence-electron chi connectivity index (χ0n) is 18.8. The van der Waals surface area contributed by atoms with Crippen LogP contribution in [0.15, 0.2) is 77.7 Å². The number of aryl methyl sites for hydroxylation is 1. The predicted octanol–water partition coefficient (Wildman–Crippen LogP) is 5.29. The van der Waals surface area contributed by atoms with Crippen molar-refractivity contribution in [3.05, 3.63) is 89.5 Å². The van der Waals surface area contributed by atoms with E-state index in [1.54, 1.807) is 36.4 Å². The predicted molar refractivity (Wildman–Crippen MR) is 130 cm³/mol. The SMILES string of the molecule is CC(C)(c1ccc(O)cc1)c1ccc(O)cc1.Cc1ccc(S(=O)(=O)O)cc1.ClCC1CO1. The van der Waals surface area contributed by atoms with Gasteiger partial charge in [-0.25, -0.2) is 0 Å². The molecule has 4 rings (SSSR count). The number of hydrogen-bond donors (Lipinski definition) is 3. The highest BCUT2D eigenvalue weighted by Gasteiger charge is 2.22. The molecule has 3 N–H and O–H groups in total. The van der Waals surface area contributed by atoms with Crippen molar-refractivity contribution in [3.8, 4) is 11.5 Å². The van der Waals surface area contributed by atoms with E-state index in [4.69, 9.17) is 20.9 Å². The Morgan fingerprint density at radius 2 is 1.27 bits per heavy atom. The maximum Gasteiger partial charge on any atom is 0.294 e. The molecule has 178 valence electrons. The molecule has 0 aromatic heterocycles. The van der Waals surface area contributed by atoms with E-state index in [0.29, 0.717) is 12.0 Å². The fourth-order valence-electron chi connectivity index (χ4n) is 2.79. The molecule has 0 radical (unpaired) electrons. The molecule has 1 aliphatic rings. The highest BCUT2D eigenvalue weighted by molar-refractivity contribution is 7.85. The van der Waals surface area contributed by atoms with Crippen LogP contribution in [-0.2, 0) is 20.3 Å². The Hall–Kier alpha value is -2.58. The Labute approximate surface area is 200 Å². The van der Waals surface area contributed by atoms with E-state index in [2.05, 4.69) is 13.8 Å². The van der Waals surface area contributed by atoms with E-state index >= 15 is 0 Å². The van der Waals surface area contributed by atoms with Crippen molar-refractivity contribution >= 4 is 21.7 Å². The van der Waals surface area contributed by atoms with E-state index in [1.807, 2.05) is 31.2 Å². The first-order chi connectivity index (χ1) is 15.4. The van der Waals surface area contributed by atoms with Crippen molar-refractivity contribution in [2.45, 2.75) is 37.2 Å². The Kier molecular flexibility index (Phi) is 9.31. The van der Waals surface area contributed by atoms with E-state index in [-0.39, 0.29) is 21.8 Å². The molecule has 6 nitrogen and oxygen atoms in total. The Morgan fingerprint density at radius 1 is 0.879 bits per heavy atom. The lowest BCUT2D eigenvalue weighted by atomic mass is 9.78. The molecule has 3 aromatic carbocycles. The van der Waals surface area contributed by atoms with E-state index in [1.165, 1.54) is 12.1 Å². The Bertz CT molecular complexity index is 1060. The summed E-state index contributed by atoms with van der Waals surface area (Å²) in [7, 11) is -4.02. The molecule has 0 amide bonds. The quantitative estimate of drug-likeness (QED) is 0.259. The average molecular weight is 493 g/mol. The molecule has 0 spiro atoms. The van der Waals surface area contributed by atoms with Crippen LogP contribution in [-0.4, -0.2) is 41.8 Å². The van der Waals surface area contributed by atoms with Gasteiger partial charge in [0.05, 0.1) is 23.5 Å². The molecule has 0 aliphatic carbocycles. The van der Waals surface area contributed by atoms with Crippen LogP contribution in [0.1, 0.15) is 30.5 Å². The first-order valence-corrected chi connectivity index (χ1v) is 12.2. The molecular weight excluding hydrogens is 464 g/mol. The summed E-state index contributed by atoms with van der Waals surface area (Å²) in [6.07, 6.45) is 0.400. The monoisotopic (exact) mass is 492 g/mol. The second-order valence-corrected chi connectivity index (χ2v) is 9.85. The first-order valence-electron chi connectivity index (χ1n) is 10.2. The molecule has 3 aromatic rings. The number of phenols is 2. The van der Waals surface area contributed by atoms with Gasteiger partial charge in [0.15, 0.2) is 0 Å². The average Bonchev–Trinajstić information content (AvgIpc) is 3.60. The van der Waals surface area contributed by atoms with Gasteiger partial charge < -0.3 is 14.9 Å². The van der Waals surface area contributed by atoms with Crippen molar-refractivity contribution < 1.29 is 27.9 Å². The van der Waals surface area contributed by atoms with Crippen LogP contribution in [0.2, 0.25) is 0 Å². The molecule has 1 fully saturated rings. The molecule has 8 heteroatoms. The summed E-state index contributed by atoms with van der Waals surface area (Å²) in [5, 5.41) is 18.6. The van der Waals surface area contributed by atoms with Gasteiger partial charge in [-0.15, -0.1) is 11.6 Å². The zero-order chi connectivity index (χ0) is 24.6. The van der Waals surface area contributed by atoms with Crippen LogP contribution < -0.4 is 0 Å². The van der Waals surface area contributed by atoms with Crippen LogP contribution >= 0.6 is 11.6 Å². The molecule has 1 unspecified atom stereocenters. The zero-order valence-corrected chi connectivity index (χ0v) is 20.3. The number of ether oxygens (including phenoxy) is 1. The van der Waals surface area contributed by atoms with Gasteiger partial charge >= 0.3 is 0 Å². The van der Waals surface area contributed by atoms with Gasteiger partial charge in [-0.2, -0.15) is 8.42 Å². The van der Waals surface area contributed by atoms with Gasteiger partial charge in [-0.3, -0.25) is 4.55 Å². The van der Waals surface area contributed by atoms with E-state index in [9.17, 15) is 18.6 Å². The first kappa shape index (κ1) is 26.7. The molecule has 1 heterocycles. The molecule has 33 heavy (non-hydrogen) atoms. The topological polar surface area (TPSA) is 107 Å². The summed E-state index contributed by atoms with van der Waals surface area (Å²) in [6, 6.07) is 20.4. The Morgan fingerprint density at radius 3 is 1.55 bits per heavy atom. The lowest BCUT2D eigenvalue weighted by Crippen LogP contribution is -2.18. The third kappa shape index (κ3) is 8.70. The molecule has 1 aliphatic heterocycles. The molecular formula is C25H29ClO6S. The third-order valence-electron chi connectivity index (χ3n) is 5.07. The van der Waals surface area contributed by atoms with Gasteiger partial charge in [0.1, 0.15) is 11.5 Å². The summed E-state index contributed by atoms with van der Waals surface area (Å²) in [6.45, 7) is 6.95. The van der Waals surface area contributed by atoms with Crippen molar-refractivity contribution in [2.75, 3.05) is 12.5 Å². The van der Waals surface area contributed by atoms with Gasteiger partial charge in [0, 0.05) is 5.41 Å². The lowest BCUT2D eigenvalue weighted by Gasteiger charge is -2.26. The maximum atomic E-state index is 10.5. The van der Waals surface area contributed by atoms with Crippen LogP contribution in [0.25, 0.3) is 0 Å². The number of halogens is 1. The highest BCUT2D eigenvalue weighted by Crippen LogP contribution is 2.32. The summed E-state index contributed by atoms with van der Waals surface area (Å²) < 4.78 is 34.3. The second kappa shape index (κ2) is 11.5. The maximum absolute atomic E-state index is 10.5. The smallest absolute Gasteiger partial charge is 0.294 e. The van der Waals surface area contributed by atoms with E-state index in [0.717, 1.165) is 23.3 Å². The van der Waals surface area contributed by atoms with Crippen LogP contribution in [0.3, 0.4) is 0 Å². The minimum atomic E-state index is -4.02. The number of benzene rings is 3. The summed E-state index contributed by atoms with van der Waals surface area (Å²) >= 11 is 5.27. The van der Waals surface area contributed by atoms with Crippen LogP contribution in [0.4, 0.5) is 0 Å². The normalized spacial score (nSPS) is 14.9. The third-order valence-corrected chi connectivity index (χ3v) is 6.28. The number of rotatable bonds is 4. The van der Waals surface area contributed by atoms with Gasteiger partial charge in [0.2, 0.25) is 0 Å². The fourth-order valence-corrected chi connectivity index (χ4v) is 3.45. The van der Waals surface area contributed by atoms with Crippen molar-refractivity contribution in [3.63, 3.8) is 0 Å². The number of hydrogen-bond acceptors (Lipinski definition) is 5. The van der Waals surface area contributed by atoms with Crippen molar-refractivity contribution in [2.24, 2.45) is 0 Å². The largest absolute Gasteiger partial charge is 0.508 e. The molecule has 0 bridgehead atoms. The van der Waals surface area contributed by atoms with Crippen molar-refractivity contribution in [1.29, 1.82) is 0 Å². The molecule has 1 saturated heterocycles. The number of aromatic hydroxyl groups is 2. The summed E-state index contributed by atoms with van der Waals surface area (Å²) in [5.41, 5.74) is 3.06. The second-order valence-electron chi connectivity index (χ2n) is 8.12. The van der Waals surface area contributed by atoms with Gasteiger partial charge in [-0.1, -0.05) is 55.8 Å². The number of alkyl halides is 1. The number of epoxide rings is 1. The molecule has 0 saturated carbocycles. The lowest BCUT2D eigenvalue weighted by molar-refractivity contribution is 0.425. The van der Waals surface area contributed by atoms with Crippen LogP contribution in [0.5, 0.6) is 11.5 Å². The minimum Gasteiger partial charge on any atom is -0.508 e. The highest BCUT2D eigenvalue weighted by atomic mass is 35.5. The van der Waals surface area contributed by atoms with E-state index < -0.39 is 10.1 Å². The fraction of sp³-hybridized carbons (Fsp3) is 0.280. The number of phenolic OH excluding ortho intramolecular Hbond substituents is 2. The minimum absolute atomic E-state index is 0.0666. The molecule has 1 atom stereocenters. The van der Waals surface area contributed by atoms with Gasteiger partial charge in [0.25, 0.3) is 10.1 Å². The van der Waals surface area contributed by atoms with Crippen LogP contribution in [0, 0.1) is 6.92 Å². The summed E-state index contributed by atoms with van der Waals surface area (Å²) in [5.74, 6) is 1.21.